The van der Waals surface area contributed by atoms with Crippen molar-refractivity contribution >= 4 is 0 Å². The van der Waals surface area contributed by atoms with E-state index in [4.69, 9.17) is 10.5 Å². The molecule has 0 aliphatic heterocycles. The molecule has 0 amide bonds. The predicted molar refractivity (Wildman–Crippen MR) is 65.4 cm³/mol. The van der Waals surface area contributed by atoms with Crippen LogP contribution in [0.3, 0.4) is 0 Å². The summed E-state index contributed by atoms with van der Waals surface area (Å²) in [6.07, 6.45) is 0. The molecule has 1 atom stereocenters. The molecule has 0 bridgehead atoms. The van der Waals surface area contributed by atoms with Crippen LogP contribution >= 0.6 is 0 Å². The first-order chi connectivity index (χ1) is 8.99. The first kappa shape index (κ1) is 13.4. The Morgan fingerprint density at radius 2 is 1.79 bits per heavy atom. The third-order valence-electron chi connectivity index (χ3n) is 2.59. The van der Waals surface area contributed by atoms with E-state index in [2.05, 4.69) is 0 Å². The monoisotopic (exact) mass is 267 g/mol. The Kier molecular flexibility index (Phi) is 3.76. The third kappa shape index (κ3) is 2.88. The number of para-hydroxylation sites is 1. The second-order valence-corrected chi connectivity index (χ2v) is 4.12. The SMILES string of the molecule is C[C@@H](N)c1cccc(F)c1Oc1ccc(F)cc1F. The molecule has 5 heteroatoms. The summed E-state index contributed by atoms with van der Waals surface area (Å²) in [5.74, 6) is -2.69. The Morgan fingerprint density at radius 3 is 2.42 bits per heavy atom. The zero-order valence-electron chi connectivity index (χ0n) is 10.2. The second-order valence-electron chi connectivity index (χ2n) is 4.12. The fourth-order valence-electron chi connectivity index (χ4n) is 1.66. The van der Waals surface area contributed by atoms with Gasteiger partial charge in [-0.2, -0.15) is 0 Å². The number of benzene rings is 2. The molecule has 2 aromatic rings. The van der Waals surface area contributed by atoms with Gasteiger partial charge in [-0.15, -0.1) is 0 Å². The van der Waals surface area contributed by atoms with Crippen LogP contribution in [0, 0.1) is 17.5 Å². The van der Waals surface area contributed by atoms with Crippen LogP contribution in [0.5, 0.6) is 11.5 Å². The van der Waals surface area contributed by atoms with Gasteiger partial charge in [0.15, 0.2) is 23.1 Å². The van der Waals surface area contributed by atoms with Crippen molar-refractivity contribution < 1.29 is 17.9 Å². The first-order valence-corrected chi connectivity index (χ1v) is 5.66. The average molecular weight is 267 g/mol. The number of rotatable bonds is 3. The summed E-state index contributed by atoms with van der Waals surface area (Å²) in [7, 11) is 0. The summed E-state index contributed by atoms with van der Waals surface area (Å²) in [6, 6.07) is 6.58. The van der Waals surface area contributed by atoms with Crippen LogP contribution < -0.4 is 10.5 Å². The molecule has 0 fully saturated rings. The van der Waals surface area contributed by atoms with Crippen molar-refractivity contribution in [3.8, 4) is 11.5 Å². The zero-order valence-corrected chi connectivity index (χ0v) is 10.2. The van der Waals surface area contributed by atoms with E-state index in [1.807, 2.05) is 0 Å². The van der Waals surface area contributed by atoms with Gasteiger partial charge in [0.05, 0.1) is 0 Å². The van der Waals surface area contributed by atoms with E-state index in [-0.39, 0.29) is 11.5 Å². The summed E-state index contributed by atoms with van der Waals surface area (Å²) < 4.78 is 45.2. The molecular formula is C14H12F3NO. The normalized spacial score (nSPS) is 12.3. The van der Waals surface area contributed by atoms with Crippen molar-refractivity contribution in [2.24, 2.45) is 5.73 Å². The topological polar surface area (TPSA) is 35.2 Å². The lowest BCUT2D eigenvalue weighted by atomic mass is 10.1. The minimum Gasteiger partial charge on any atom is -0.451 e. The summed E-state index contributed by atoms with van der Waals surface area (Å²) in [6.45, 7) is 1.66. The lowest BCUT2D eigenvalue weighted by Crippen LogP contribution is -2.08. The van der Waals surface area contributed by atoms with Crippen molar-refractivity contribution in [3.05, 3.63) is 59.4 Å². The summed E-state index contributed by atoms with van der Waals surface area (Å²) in [4.78, 5) is 0. The molecule has 0 aromatic heterocycles. The smallest absolute Gasteiger partial charge is 0.168 e. The standard InChI is InChI=1S/C14H12F3NO/c1-8(18)10-3-2-4-11(16)14(10)19-13-6-5-9(15)7-12(13)17/h2-8H,18H2,1H3/t8-/m1/s1. The number of hydrogen-bond acceptors (Lipinski definition) is 2. The molecule has 0 spiro atoms. The van der Waals surface area contributed by atoms with E-state index >= 15 is 0 Å². The third-order valence-corrected chi connectivity index (χ3v) is 2.59. The van der Waals surface area contributed by atoms with E-state index in [1.54, 1.807) is 13.0 Å². The molecule has 0 saturated carbocycles. The Labute approximate surface area is 108 Å². The maximum Gasteiger partial charge on any atom is 0.168 e. The molecule has 100 valence electrons. The Balaban J connectivity index is 2.43. The summed E-state index contributed by atoms with van der Waals surface area (Å²) in [5.41, 5.74) is 6.11. The van der Waals surface area contributed by atoms with Gasteiger partial charge in [-0.1, -0.05) is 12.1 Å². The van der Waals surface area contributed by atoms with E-state index in [0.29, 0.717) is 11.6 Å². The lowest BCUT2D eigenvalue weighted by Gasteiger charge is -2.14. The highest BCUT2D eigenvalue weighted by Gasteiger charge is 2.16. The maximum atomic E-state index is 13.7. The molecule has 0 radical (unpaired) electrons. The molecule has 2 nitrogen and oxygen atoms in total. The molecule has 2 aromatic carbocycles. The predicted octanol–water partition coefficient (Wildman–Crippen LogP) is 3.92. The van der Waals surface area contributed by atoms with E-state index < -0.39 is 23.5 Å². The number of hydrogen-bond donors (Lipinski definition) is 1. The fraction of sp³-hybridized carbons (Fsp3) is 0.143. The van der Waals surface area contributed by atoms with Crippen LogP contribution in [0.25, 0.3) is 0 Å². The Hall–Kier alpha value is -2.01. The van der Waals surface area contributed by atoms with Crippen molar-refractivity contribution in [3.63, 3.8) is 0 Å². The highest BCUT2D eigenvalue weighted by atomic mass is 19.1. The van der Waals surface area contributed by atoms with Crippen molar-refractivity contribution in [1.82, 2.24) is 0 Å². The van der Waals surface area contributed by atoms with Crippen LogP contribution in [0.15, 0.2) is 36.4 Å². The summed E-state index contributed by atoms with van der Waals surface area (Å²) in [5, 5.41) is 0. The molecule has 19 heavy (non-hydrogen) atoms. The highest BCUT2D eigenvalue weighted by molar-refractivity contribution is 5.41. The Bertz CT molecular complexity index is 599. The molecular weight excluding hydrogens is 255 g/mol. The molecule has 0 saturated heterocycles. The van der Waals surface area contributed by atoms with Crippen LogP contribution in [0.2, 0.25) is 0 Å². The molecule has 2 rings (SSSR count). The van der Waals surface area contributed by atoms with Gasteiger partial charge in [0.2, 0.25) is 0 Å². The van der Waals surface area contributed by atoms with Gasteiger partial charge in [0, 0.05) is 17.7 Å². The van der Waals surface area contributed by atoms with Gasteiger partial charge in [-0.3, -0.25) is 0 Å². The molecule has 2 N–H and O–H groups in total. The number of nitrogens with two attached hydrogens (primary N) is 1. The minimum absolute atomic E-state index is 0.150. The molecule has 0 heterocycles. The van der Waals surface area contributed by atoms with E-state index in [1.165, 1.54) is 12.1 Å². The van der Waals surface area contributed by atoms with Gasteiger partial charge in [-0.25, -0.2) is 13.2 Å². The van der Waals surface area contributed by atoms with Crippen LogP contribution in [-0.2, 0) is 0 Å². The number of halogens is 3. The van der Waals surface area contributed by atoms with Gasteiger partial charge in [0.25, 0.3) is 0 Å². The molecule has 0 unspecified atom stereocenters. The maximum absolute atomic E-state index is 13.7. The van der Waals surface area contributed by atoms with Crippen LogP contribution in [0.1, 0.15) is 18.5 Å². The summed E-state index contributed by atoms with van der Waals surface area (Å²) >= 11 is 0. The average Bonchev–Trinajstić information content (AvgIpc) is 2.34. The highest BCUT2D eigenvalue weighted by Crippen LogP contribution is 2.32. The molecule has 0 aliphatic carbocycles. The van der Waals surface area contributed by atoms with Gasteiger partial charge < -0.3 is 10.5 Å². The van der Waals surface area contributed by atoms with Crippen LogP contribution in [-0.4, -0.2) is 0 Å². The van der Waals surface area contributed by atoms with Gasteiger partial charge in [0.1, 0.15) is 5.82 Å². The van der Waals surface area contributed by atoms with Crippen molar-refractivity contribution in [2.45, 2.75) is 13.0 Å². The van der Waals surface area contributed by atoms with Crippen molar-refractivity contribution in [1.29, 1.82) is 0 Å². The zero-order chi connectivity index (χ0) is 14.0. The Morgan fingerprint density at radius 1 is 1.05 bits per heavy atom. The minimum atomic E-state index is -0.904. The van der Waals surface area contributed by atoms with Gasteiger partial charge in [-0.05, 0) is 25.1 Å². The van der Waals surface area contributed by atoms with Crippen LogP contribution in [0.4, 0.5) is 13.2 Å². The molecule has 0 aliphatic rings. The fourth-order valence-corrected chi connectivity index (χ4v) is 1.66. The quantitative estimate of drug-likeness (QED) is 0.914. The second kappa shape index (κ2) is 5.32. The van der Waals surface area contributed by atoms with Gasteiger partial charge >= 0.3 is 0 Å². The lowest BCUT2D eigenvalue weighted by molar-refractivity contribution is 0.404. The first-order valence-electron chi connectivity index (χ1n) is 5.66. The number of ether oxygens (including phenoxy) is 1. The van der Waals surface area contributed by atoms with Crippen molar-refractivity contribution in [2.75, 3.05) is 0 Å². The van der Waals surface area contributed by atoms with E-state index in [0.717, 1.165) is 12.1 Å². The largest absolute Gasteiger partial charge is 0.451 e. The van der Waals surface area contributed by atoms with E-state index in [9.17, 15) is 13.2 Å².